The van der Waals surface area contributed by atoms with Crippen LogP contribution in [-0.2, 0) is 11.2 Å². The van der Waals surface area contributed by atoms with Crippen molar-refractivity contribution in [3.63, 3.8) is 0 Å². The number of halogens is 1. The van der Waals surface area contributed by atoms with Crippen molar-refractivity contribution in [1.82, 2.24) is 4.90 Å². The molecule has 1 rings (SSSR count). The van der Waals surface area contributed by atoms with E-state index in [1.165, 1.54) is 0 Å². The Morgan fingerprint density at radius 3 is 2.65 bits per heavy atom. The SMILES string of the molecule is CNc1ccc(CCOCCN(C)C)c(Cl)c1. The summed E-state index contributed by atoms with van der Waals surface area (Å²) in [6.07, 6.45) is 0.857. The Morgan fingerprint density at radius 2 is 2.06 bits per heavy atom. The van der Waals surface area contributed by atoms with Gasteiger partial charge in [-0.05, 0) is 38.2 Å². The van der Waals surface area contributed by atoms with Gasteiger partial charge in [-0.2, -0.15) is 0 Å². The Hall–Kier alpha value is -0.770. The van der Waals surface area contributed by atoms with Gasteiger partial charge in [-0.15, -0.1) is 0 Å². The zero-order valence-corrected chi connectivity index (χ0v) is 11.5. The quantitative estimate of drug-likeness (QED) is 0.759. The van der Waals surface area contributed by atoms with Crippen molar-refractivity contribution in [2.45, 2.75) is 6.42 Å². The number of hydrogen-bond donors (Lipinski definition) is 1. The Labute approximate surface area is 109 Å². The van der Waals surface area contributed by atoms with Crippen LogP contribution >= 0.6 is 11.6 Å². The van der Waals surface area contributed by atoms with Crippen LogP contribution in [0.2, 0.25) is 5.02 Å². The van der Waals surface area contributed by atoms with E-state index in [-0.39, 0.29) is 0 Å². The number of likely N-dealkylation sites (N-methyl/N-ethyl adjacent to an activating group) is 1. The molecule has 0 amide bonds. The first-order chi connectivity index (χ1) is 8.13. The molecule has 0 spiro atoms. The molecule has 4 heteroatoms. The van der Waals surface area contributed by atoms with Crippen LogP contribution in [0.15, 0.2) is 18.2 Å². The van der Waals surface area contributed by atoms with E-state index in [1.807, 2.05) is 39.3 Å². The predicted molar refractivity (Wildman–Crippen MR) is 74.1 cm³/mol. The van der Waals surface area contributed by atoms with E-state index in [9.17, 15) is 0 Å². The maximum Gasteiger partial charge on any atom is 0.0593 e. The minimum absolute atomic E-state index is 0.715. The Bertz CT molecular complexity index is 342. The molecule has 0 unspecified atom stereocenters. The van der Waals surface area contributed by atoms with E-state index < -0.39 is 0 Å². The van der Waals surface area contributed by atoms with Gasteiger partial charge in [-0.25, -0.2) is 0 Å². The third-order valence-corrected chi connectivity index (χ3v) is 2.89. The first-order valence-corrected chi connectivity index (χ1v) is 6.20. The van der Waals surface area contributed by atoms with Gasteiger partial charge in [0, 0.05) is 24.3 Å². The largest absolute Gasteiger partial charge is 0.388 e. The summed E-state index contributed by atoms with van der Waals surface area (Å²) < 4.78 is 5.54. The van der Waals surface area contributed by atoms with Gasteiger partial charge in [-0.1, -0.05) is 17.7 Å². The zero-order chi connectivity index (χ0) is 12.7. The third-order valence-electron chi connectivity index (χ3n) is 2.54. The van der Waals surface area contributed by atoms with Crippen molar-refractivity contribution in [3.05, 3.63) is 28.8 Å². The summed E-state index contributed by atoms with van der Waals surface area (Å²) in [5, 5.41) is 3.86. The van der Waals surface area contributed by atoms with Gasteiger partial charge in [0.05, 0.1) is 13.2 Å². The standard InChI is InChI=1S/C13H21ClN2O/c1-15-12-5-4-11(13(14)10-12)6-8-17-9-7-16(2)3/h4-5,10,15H,6-9H2,1-3H3. The number of rotatable bonds is 7. The lowest BCUT2D eigenvalue weighted by Crippen LogP contribution is -2.18. The molecule has 3 nitrogen and oxygen atoms in total. The highest BCUT2D eigenvalue weighted by Crippen LogP contribution is 2.21. The van der Waals surface area contributed by atoms with E-state index in [4.69, 9.17) is 16.3 Å². The Kier molecular flexibility index (Phi) is 6.34. The average molecular weight is 257 g/mol. The van der Waals surface area contributed by atoms with Crippen LogP contribution in [0, 0.1) is 0 Å². The summed E-state index contributed by atoms with van der Waals surface area (Å²) in [6, 6.07) is 6.02. The average Bonchev–Trinajstić information content (AvgIpc) is 2.30. The second-order valence-electron chi connectivity index (χ2n) is 4.22. The van der Waals surface area contributed by atoms with Crippen LogP contribution in [0.4, 0.5) is 5.69 Å². The molecule has 0 aliphatic heterocycles. The molecular weight excluding hydrogens is 236 g/mol. The number of benzene rings is 1. The van der Waals surface area contributed by atoms with Gasteiger partial charge in [-0.3, -0.25) is 0 Å². The molecule has 0 saturated heterocycles. The number of nitrogens with one attached hydrogen (secondary N) is 1. The fourth-order valence-electron chi connectivity index (χ4n) is 1.44. The van der Waals surface area contributed by atoms with E-state index >= 15 is 0 Å². The van der Waals surface area contributed by atoms with Crippen LogP contribution in [0.25, 0.3) is 0 Å². The van der Waals surface area contributed by atoms with Crippen molar-refractivity contribution in [1.29, 1.82) is 0 Å². The molecule has 0 saturated carbocycles. The maximum absolute atomic E-state index is 6.17. The minimum Gasteiger partial charge on any atom is -0.388 e. The molecule has 96 valence electrons. The topological polar surface area (TPSA) is 24.5 Å². The van der Waals surface area contributed by atoms with Crippen molar-refractivity contribution in [2.75, 3.05) is 46.2 Å². The second-order valence-corrected chi connectivity index (χ2v) is 4.63. The van der Waals surface area contributed by atoms with Gasteiger partial charge < -0.3 is 15.0 Å². The summed E-state index contributed by atoms with van der Waals surface area (Å²) in [5.41, 5.74) is 2.17. The fourth-order valence-corrected chi connectivity index (χ4v) is 1.71. The monoisotopic (exact) mass is 256 g/mol. The molecule has 1 aromatic rings. The highest BCUT2D eigenvalue weighted by molar-refractivity contribution is 6.31. The third kappa shape index (κ3) is 5.39. The Balaban J connectivity index is 2.32. The second kappa shape index (κ2) is 7.54. The molecule has 0 atom stereocenters. The molecule has 1 N–H and O–H groups in total. The fraction of sp³-hybridized carbons (Fsp3) is 0.538. The van der Waals surface area contributed by atoms with Crippen molar-refractivity contribution in [2.24, 2.45) is 0 Å². The molecule has 1 aromatic carbocycles. The highest BCUT2D eigenvalue weighted by Gasteiger charge is 2.01. The number of nitrogens with zero attached hydrogens (tertiary/aromatic N) is 1. The molecule has 0 fully saturated rings. The number of anilines is 1. The lowest BCUT2D eigenvalue weighted by atomic mass is 10.1. The first-order valence-electron chi connectivity index (χ1n) is 5.82. The van der Waals surface area contributed by atoms with Gasteiger partial charge in [0.1, 0.15) is 0 Å². The molecule has 0 aromatic heterocycles. The van der Waals surface area contributed by atoms with Crippen LogP contribution in [0.1, 0.15) is 5.56 Å². The van der Waals surface area contributed by atoms with E-state index in [0.717, 1.165) is 35.8 Å². The normalized spacial score (nSPS) is 10.9. The zero-order valence-electron chi connectivity index (χ0n) is 10.8. The van der Waals surface area contributed by atoms with E-state index in [0.29, 0.717) is 6.61 Å². The maximum atomic E-state index is 6.17. The molecule has 0 heterocycles. The predicted octanol–water partition coefficient (Wildman–Crippen LogP) is 2.50. The van der Waals surface area contributed by atoms with Crippen LogP contribution < -0.4 is 5.32 Å². The Morgan fingerprint density at radius 1 is 1.29 bits per heavy atom. The molecular formula is C13H21ClN2O. The van der Waals surface area contributed by atoms with Crippen molar-refractivity contribution >= 4 is 17.3 Å². The summed E-state index contributed by atoms with van der Waals surface area (Å²) in [7, 11) is 5.96. The van der Waals surface area contributed by atoms with Gasteiger partial charge >= 0.3 is 0 Å². The summed E-state index contributed by atoms with van der Waals surface area (Å²) in [5.74, 6) is 0. The molecule has 0 aliphatic rings. The lowest BCUT2D eigenvalue weighted by molar-refractivity contribution is 0.120. The van der Waals surface area contributed by atoms with Crippen LogP contribution in [0.5, 0.6) is 0 Å². The smallest absolute Gasteiger partial charge is 0.0593 e. The molecule has 0 radical (unpaired) electrons. The van der Waals surface area contributed by atoms with Crippen molar-refractivity contribution in [3.8, 4) is 0 Å². The lowest BCUT2D eigenvalue weighted by Gasteiger charge is -2.10. The molecule has 0 aliphatic carbocycles. The van der Waals surface area contributed by atoms with Crippen molar-refractivity contribution < 1.29 is 4.74 Å². The summed E-state index contributed by atoms with van der Waals surface area (Å²) >= 11 is 6.17. The molecule has 0 bridgehead atoms. The summed E-state index contributed by atoms with van der Waals surface area (Å²) in [6.45, 7) is 2.43. The number of ether oxygens (including phenoxy) is 1. The van der Waals surface area contributed by atoms with Crippen LogP contribution in [0.3, 0.4) is 0 Å². The van der Waals surface area contributed by atoms with Gasteiger partial charge in [0.15, 0.2) is 0 Å². The van der Waals surface area contributed by atoms with Gasteiger partial charge in [0.2, 0.25) is 0 Å². The highest BCUT2D eigenvalue weighted by atomic mass is 35.5. The molecule has 17 heavy (non-hydrogen) atoms. The van der Waals surface area contributed by atoms with Crippen LogP contribution in [-0.4, -0.2) is 45.8 Å². The van der Waals surface area contributed by atoms with E-state index in [1.54, 1.807) is 0 Å². The summed E-state index contributed by atoms with van der Waals surface area (Å²) in [4.78, 5) is 2.11. The number of hydrogen-bond acceptors (Lipinski definition) is 3. The van der Waals surface area contributed by atoms with Gasteiger partial charge in [0.25, 0.3) is 0 Å². The van der Waals surface area contributed by atoms with E-state index in [2.05, 4.69) is 10.2 Å². The first kappa shape index (κ1) is 14.3. The minimum atomic E-state index is 0.715.